The highest BCUT2D eigenvalue weighted by atomic mass is 35.5. The number of nitrogens with zero attached hydrogens (tertiary/aromatic N) is 2. The molecule has 17 heavy (non-hydrogen) atoms. The van der Waals surface area contributed by atoms with E-state index in [1.807, 2.05) is 0 Å². The van der Waals surface area contributed by atoms with Crippen LogP contribution in [0.2, 0.25) is 10.2 Å². The monoisotopic (exact) mass is 271 g/mol. The average molecular weight is 272 g/mol. The summed E-state index contributed by atoms with van der Waals surface area (Å²) >= 11 is 11.5. The summed E-state index contributed by atoms with van der Waals surface area (Å²) in [7, 11) is 0. The van der Waals surface area contributed by atoms with Crippen LogP contribution in [0.5, 0.6) is 0 Å². The van der Waals surface area contributed by atoms with Gasteiger partial charge in [-0.2, -0.15) is 0 Å². The van der Waals surface area contributed by atoms with Gasteiger partial charge < -0.3 is 5.32 Å². The third-order valence-electron chi connectivity index (χ3n) is 1.94. The molecule has 0 aliphatic heterocycles. The molecule has 1 aromatic carbocycles. The van der Waals surface area contributed by atoms with Gasteiger partial charge in [0, 0.05) is 16.8 Å². The Morgan fingerprint density at radius 2 is 1.88 bits per heavy atom. The first-order chi connectivity index (χ1) is 8.02. The van der Waals surface area contributed by atoms with Crippen LogP contribution < -0.4 is 5.32 Å². The molecule has 0 saturated carbocycles. The van der Waals surface area contributed by atoms with E-state index in [0.717, 1.165) is 0 Å². The highest BCUT2D eigenvalue weighted by molar-refractivity contribution is 6.31. The molecule has 0 fully saturated rings. The van der Waals surface area contributed by atoms with E-state index >= 15 is 0 Å². The number of nitrogens with one attached hydrogen (secondary N) is 1. The van der Waals surface area contributed by atoms with E-state index in [9.17, 15) is 4.39 Å². The zero-order valence-corrected chi connectivity index (χ0v) is 10.3. The minimum absolute atomic E-state index is 0.310. The van der Waals surface area contributed by atoms with Crippen LogP contribution in [-0.4, -0.2) is 9.97 Å². The molecule has 0 unspecified atom stereocenters. The Balaban J connectivity index is 2.31. The summed E-state index contributed by atoms with van der Waals surface area (Å²) in [6.07, 6.45) is 0. The first-order valence-corrected chi connectivity index (χ1v) is 5.53. The van der Waals surface area contributed by atoms with Crippen molar-refractivity contribution < 1.29 is 4.39 Å². The lowest BCUT2D eigenvalue weighted by Gasteiger charge is -2.07. The quantitative estimate of drug-likeness (QED) is 0.840. The first kappa shape index (κ1) is 12.1. The Morgan fingerprint density at radius 1 is 1.12 bits per heavy atom. The minimum atomic E-state index is -0.420. The Kier molecular flexibility index (Phi) is 3.45. The fourth-order valence-electron chi connectivity index (χ4n) is 1.37. The molecule has 0 atom stereocenters. The maximum atomic E-state index is 13.1. The van der Waals surface area contributed by atoms with Crippen molar-refractivity contribution in [2.45, 2.75) is 6.92 Å². The molecular weight excluding hydrogens is 264 g/mol. The summed E-state index contributed by atoms with van der Waals surface area (Å²) < 4.78 is 13.1. The number of benzene rings is 1. The van der Waals surface area contributed by atoms with E-state index in [1.165, 1.54) is 12.1 Å². The van der Waals surface area contributed by atoms with Gasteiger partial charge in [-0.3, -0.25) is 0 Å². The van der Waals surface area contributed by atoms with Crippen LogP contribution in [0.15, 0.2) is 24.3 Å². The molecule has 2 aromatic rings. The number of hydrogen-bond donors (Lipinski definition) is 1. The molecule has 1 heterocycles. The van der Waals surface area contributed by atoms with Crippen molar-refractivity contribution in [1.29, 1.82) is 0 Å². The lowest BCUT2D eigenvalue weighted by atomic mass is 10.3. The number of aromatic nitrogens is 2. The predicted molar refractivity (Wildman–Crippen MR) is 66.5 cm³/mol. The smallest absolute Gasteiger partial charge is 0.135 e. The van der Waals surface area contributed by atoms with Crippen LogP contribution in [0.1, 0.15) is 5.82 Å². The molecule has 0 aliphatic carbocycles. The van der Waals surface area contributed by atoms with E-state index in [2.05, 4.69) is 15.3 Å². The van der Waals surface area contributed by atoms with E-state index in [0.29, 0.717) is 27.5 Å². The summed E-state index contributed by atoms with van der Waals surface area (Å²) in [6, 6.07) is 5.69. The standard InChI is InChI=1S/C11H8Cl2FN3/c1-6-15-10(13)5-11(16-6)17-9-3-7(12)2-8(14)4-9/h2-5H,1H3,(H,15,16,17). The number of aryl methyl sites for hydroxylation is 1. The second-order valence-electron chi connectivity index (χ2n) is 3.41. The largest absolute Gasteiger partial charge is 0.340 e. The first-order valence-electron chi connectivity index (χ1n) is 4.77. The SMILES string of the molecule is Cc1nc(Cl)cc(Nc2cc(F)cc(Cl)c2)n1. The van der Waals surface area contributed by atoms with Gasteiger partial charge >= 0.3 is 0 Å². The van der Waals surface area contributed by atoms with Gasteiger partial charge in [0.25, 0.3) is 0 Å². The predicted octanol–water partition coefficient (Wildman–Crippen LogP) is 3.97. The van der Waals surface area contributed by atoms with Gasteiger partial charge in [-0.25, -0.2) is 14.4 Å². The Hall–Kier alpha value is -1.39. The highest BCUT2D eigenvalue weighted by Crippen LogP contribution is 2.22. The minimum Gasteiger partial charge on any atom is -0.340 e. The lowest BCUT2D eigenvalue weighted by molar-refractivity contribution is 0.628. The topological polar surface area (TPSA) is 37.8 Å². The Labute approximate surface area is 108 Å². The molecule has 0 saturated heterocycles. The number of hydrogen-bond acceptors (Lipinski definition) is 3. The van der Waals surface area contributed by atoms with E-state index in [1.54, 1.807) is 19.1 Å². The molecular formula is C11H8Cl2FN3. The van der Waals surface area contributed by atoms with Gasteiger partial charge in [0.2, 0.25) is 0 Å². The van der Waals surface area contributed by atoms with Crippen LogP contribution in [0, 0.1) is 12.7 Å². The van der Waals surface area contributed by atoms with E-state index in [4.69, 9.17) is 23.2 Å². The van der Waals surface area contributed by atoms with Crippen LogP contribution in [0.4, 0.5) is 15.9 Å². The molecule has 0 radical (unpaired) electrons. The summed E-state index contributed by atoms with van der Waals surface area (Å²) in [5.74, 6) is 0.601. The van der Waals surface area contributed by atoms with Crippen molar-refractivity contribution in [1.82, 2.24) is 9.97 Å². The number of anilines is 2. The molecule has 0 bridgehead atoms. The van der Waals surface area contributed by atoms with Gasteiger partial charge in [0.05, 0.1) is 0 Å². The zero-order valence-electron chi connectivity index (χ0n) is 8.84. The molecule has 6 heteroatoms. The maximum absolute atomic E-state index is 13.1. The summed E-state index contributed by atoms with van der Waals surface area (Å²) in [5, 5.41) is 3.54. The Morgan fingerprint density at radius 3 is 2.53 bits per heavy atom. The van der Waals surface area contributed by atoms with Crippen LogP contribution in [-0.2, 0) is 0 Å². The fourth-order valence-corrected chi connectivity index (χ4v) is 1.82. The van der Waals surface area contributed by atoms with Gasteiger partial charge in [0.1, 0.15) is 22.6 Å². The number of rotatable bonds is 2. The normalized spacial score (nSPS) is 10.4. The van der Waals surface area contributed by atoms with E-state index in [-0.39, 0.29) is 0 Å². The zero-order chi connectivity index (χ0) is 12.4. The van der Waals surface area contributed by atoms with Gasteiger partial charge in [0.15, 0.2) is 0 Å². The van der Waals surface area contributed by atoms with Gasteiger partial charge in [-0.05, 0) is 25.1 Å². The maximum Gasteiger partial charge on any atom is 0.135 e. The molecule has 2 rings (SSSR count). The van der Waals surface area contributed by atoms with Crippen LogP contribution >= 0.6 is 23.2 Å². The van der Waals surface area contributed by atoms with Crippen molar-refractivity contribution in [3.63, 3.8) is 0 Å². The molecule has 1 N–H and O–H groups in total. The molecule has 0 aliphatic rings. The average Bonchev–Trinajstić information content (AvgIpc) is 2.13. The lowest BCUT2D eigenvalue weighted by Crippen LogP contribution is -1.97. The van der Waals surface area contributed by atoms with Crippen molar-refractivity contribution in [3.05, 3.63) is 46.1 Å². The Bertz CT molecular complexity index is 470. The van der Waals surface area contributed by atoms with Crippen molar-refractivity contribution in [2.24, 2.45) is 0 Å². The highest BCUT2D eigenvalue weighted by Gasteiger charge is 2.03. The van der Waals surface area contributed by atoms with Crippen LogP contribution in [0.25, 0.3) is 0 Å². The van der Waals surface area contributed by atoms with Crippen molar-refractivity contribution >= 4 is 34.7 Å². The van der Waals surface area contributed by atoms with E-state index < -0.39 is 5.82 Å². The molecule has 3 nitrogen and oxygen atoms in total. The summed E-state index contributed by atoms with van der Waals surface area (Å²) in [4.78, 5) is 8.04. The molecule has 0 amide bonds. The third kappa shape index (κ3) is 3.28. The molecule has 0 spiro atoms. The second-order valence-corrected chi connectivity index (χ2v) is 4.23. The van der Waals surface area contributed by atoms with Gasteiger partial charge in [-0.1, -0.05) is 23.2 Å². The summed E-state index contributed by atoms with van der Waals surface area (Å²) in [6.45, 7) is 1.72. The molecule has 1 aromatic heterocycles. The van der Waals surface area contributed by atoms with Gasteiger partial charge in [-0.15, -0.1) is 0 Å². The van der Waals surface area contributed by atoms with Crippen molar-refractivity contribution in [3.8, 4) is 0 Å². The summed E-state index contributed by atoms with van der Waals surface area (Å²) in [5.41, 5.74) is 0.504. The van der Waals surface area contributed by atoms with Crippen LogP contribution in [0.3, 0.4) is 0 Å². The fraction of sp³-hybridized carbons (Fsp3) is 0.0909. The number of halogens is 3. The third-order valence-corrected chi connectivity index (χ3v) is 2.35. The van der Waals surface area contributed by atoms with Crippen molar-refractivity contribution in [2.75, 3.05) is 5.32 Å². The molecule has 88 valence electrons. The second kappa shape index (κ2) is 4.85.